The van der Waals surface area contributed by atoms with Crippen molar-refractivity contribution in [3.63, 3.8) is 0 Å². The summed E-state index contributed by atoms with van der Waals surface area (Å²) in [6, 6.07) is 19.6. The van der Waals surface area contributed by atoms with Gasteiger partial charge in [-0.1, -0.05) is 36.4 Å². The molecule has 1 aliphatic heterocycles. The first-order valence-corrected chi connectivity index (χ1v) is 9.26. The molecule has 0 bridgehead atoms. The Morgan fingerprint density at radius 3 is 2.57 bits per heavy atom. The molecule has 1 aliphatic rings. The number of nitriles is 1. The summed E-state index contributed by atoms with van der Waals surface area (Å²) in [6.45, 7) is 3.69. The van der Waals surface area contributed by atoms with E-state index in [0.29, 0.717) is 18.8 Å². The van der Waals surface area contributed by atoms with Gasteiger partial charge in [0, 0.05) is 50.7 Å². The quantitative estimate of drug-likeness (QED) is 0.620. The van der Waals surface area contributed by atoms with Crippen molar-refractivity contribution < 1.29 is 9.53 Å². The van der Waals surface area contributed by atoms with Crippen LogP contribution in [0.3, 0.4) is 0 Å². The minimum Gasteiger partial charge on any atom is -0.497 e. The van der Waals surface area contributed by atoms with Gasteiger partial charge >= 0.3 is 0 Å². The number of rotatable bonds is 6. The van der Waals surface area contributed by atoms with Crippen LogP contribution in [-0.4, -0.2) is 49.0 Å². The van der Waals surface area contributed by atoms with E-state index in [4.69, 9.17) is 4.74 Å². The number of methoxy groups -OCH3 is 1. The highest BCUT2D eigenvalue weighted by atomic mass is 16.5. The minimum absolute atomic E-state index is 0.0966. The van der Waals surface area contributed by atoms with E-state index in [2.05, 4.69) is 22.3 Å². The molecule has 0 saturated carbocycles. The first kappa shape index (κ1) is 19.5. The monoisotopic (exact) mass is 376 g/mol. The molecule has 2 aromatic carbocycles. The van der Waals surface area contributed by atoms with Crippen LogP contribution in [0.1, 0.15) is 5.56 Å². The van der Waals surface area contributed by atoms with Crippen molar-refractivity contribution in [2.45, 2.75) is 6.54 Å². The summed E-state index contributed by atoms with van der Waals surface area (Å²) < 4.78 is 5.18. The molecule has 1 N–H and O–H groups in total. The lowest BCUT2D eigenvalue weighted by atomic mass is 10.2. The van der Waals surface area contributed by atoms with Crippen LogP contribution in [0.25, 0.3) is 0 Å². The summed E-state index contributed by atoms with van der Waals surface area (Å²) >= 11 is 0. The topological polar surface area (TPSA) is 68.6 Å². The van der Waals surface area contributed by atoms with Crippen molar-refractivity contribution in [3.05, 3.63) is 71.9 Å². The number of carbonyl (C=O) groups is 1. The molecule has 6 heteroatoms. The van der Waals surface area contributed by atoms with Gasteiger partial charge in [0.05, 0.1) is 7.11 Å². The molecule has 1 amide bonds. The maximum atomic E-state index is 12.7. The molecule has 0 unspecified atom stereocenters. The van der Waals surface area contributed by atoms with Gasteiger partial charge in [0.1, 0.15) is 17.4 Å². The Labute approximate surface area is 165 Å². The standard InChI is InChI=1S/C22H24N4O2/c1-28-21-9-5-8-20(14-21)24-16-19(15-23)22(27)26-12-10-25(11-13-26)17-18-6-3-2-4-7-18/h2-9,14,16,24H,10-13,17H2,1H3/b19-16-. The SMILES string of the molecule is COc1cccc(N/C=C(/C#N)C(=O)N2CCN(Cc3ccccc3)CC2)c1. The summed E-state index contributed by atoms with van der Waals surface area (Å²) in [6.07, 6.45) is 1.47. The van der Waals surface area contributed by atoms with E-state index in [-0.39, 0.29) is 11.5 Å². The molecule has 0 aromatic heterocycles. The zero-order valence-electron chi connectivity index (χ0n) is 16.0. The van der Waals surface area contributed by atoms with Gasteiger partial charge in [-0.3, -0.25) is 9.69 Å². The van der Waals surface area contributed by atoms with Crippen molar-refractivity contribution >= 4 is 11.6 Å². The van der Waals surface area contributed by atoms with Crippen LogP contribution in [0.2, 0.25) is 0 Å². The highest BCUT2D eigenvalue weighted by Crippen LogP contribution is 2.17. The molecule has 0 radical (unpaired) electrons. The fourth-order valence-electron chi connectivity index (χ4n) is 3.13. The largest absolute Gasteiger partial charge is 0.497 e. The fraction of sp³-hybridized carbons (Fsp3) is 0.273. The number of carbonyl (C=O) groups excluding carboxylic acids is 1. The number of piperazine rings is 1. The third-order valence-electron chi connectivity index (χ3n) is 4.71. The lowest BCUT2D eigenvalue weighted by Gasteiger charge is -2.34. The molecule has 1 fully saturated rings. The molecule has 0 spiro atoms. The van der Waals surface area contributed by atoms with Crippen LogP contribution < -0.4 is 10.1 Å². The van der Waals surface area contributed by atoms with Gasteiger partial charge in [-0.05, 0) is 17.7 Å². The van der Waals surface area contributed by atoms with Gasteiger partial charge in [0.25, 0.3) is 5.91 Å². The molecule has 1 saturated heterocycles. The molecule has 28 heavy (non-hydrogen) atoms. The fourth-order valence-corrected chi connectivity index (χ4v) is 3.13. The van der Waals surface area contributed by atoms with E-state index in [1.807, 2.05) is 42.5 Å². The van der Waals surface area contributed by atoms with E-state index < -0.39 is 0 Å². The van der Waals surface area contributed by atoms with Crippen molar-refractivity contribution in [3.8, 4) is 11.8 Å². The van der Waals surface area contributed by atoms with Crippen LogP contribution in [0.5, 0.6) is 5.75 Å². The lowest BCUT2D eigenvalue weighted by molar-refractivity contribution is -0.128. The molecule has 2 aromatic rings. The Morgan fingerprint density at radius 1 is 1.14 bits per heavy atom. The van der Waals surface area contributed by atoms with Crippen molar-refractivity contribution in [2.75, 3.05) is 38.6 Å². The Balaban J connectivity index is 1.55. The minimum atomic E-state index is -0.239. The number of nitrogens with zero attached hydrogens (tertiary/aromatic N) is 3. The predicted molar refractivity (Wildman–Crippen MR) is 109 cm³/mol. The van der Waals surface area contributed by atoms with Crippen LogP contribution in [0, 0.1) is 11.3 Å². The smallest absolute Gasteiger partial charge is 0.266 e. The van der Waals surface area contributed by atoms with Gasteiger partial charge in [-0.15, -0.1) is 0 Å². The number of hydrogen-bond donors (Lipinski definition) is 1. The zero-order chi connectivity index (χ0) is 19.8. The Morgan fingerprint density at radius 2 is 1.89 bits per heavy atom. The molecular weight excluding hydrogens is 352 g/mol. The number of nitrogens with one attached hydrogen (secondary N) is 1. The van der Waals surface area contributed by atoms with Crippen LogP contribution in [0.4, 0.5) is 5.69 Å². The van der Waals surface area contributed by atoms with Crippen molar-refractivity contribution in [2.24, 2.45) is 0 Å². The number of benzene rings is 2. The second-order valence-electron chi connectivity index (χ2n) is 6.60. The first-order chi connectivity index (χ1) is 13.7. The Hall–Kier alpha value is -3.30. The Bertz CT molecular complexity index is 866. The van der Waals surface area contributed by atoms with Gasteiger partial charge in [-0.2, -0.15) is 5.26 Å². The molecule has 144 valence electrons. The van der Waals surface area contributed by atoms with Crippen LogP contribution in [0.15, 0.2) is 66.4 Å². The summed E-state index contributed by atoms with van der Waals surface area (Å²) in [5.41, 5.74) is 2.12. The maximum Gasteiger partial charge on any atom is 0.266 e. The van der Waals surface area contributed by atoms with E-state index in [0.717, 1.165) is 25.3 Å². The second-order valence-corrected chi connectivity index (χ2v) is 6.60. The maximum absolute atomic E-state index is 12.7. The highest BCUT2D eigenvalue weighted by Gasteiger charge is 2.23. The van der Waals surface area contributed by atoms with Crippen LogP contribution in [-0.2, 0) is 11.3 Å². The van der Waals surface area contributed by atoms with Gasteiger partial charge in [0.2, 0.25) is 0 Å². The normalized spacial score (nSPS) is 15.0. The third-order valence-corrected chi connectivity index (χ3v) is 4.71. The van der Waals surface area contributed by atoms with Crippen molar-refractivity contribution in [1.29, 1.82) is 5.26 Å². The molecule has 1 heterocycles. The second kappa shape index (κ2) is 9.58. The number of amides is 1. The highest BCUT2D eigenvalue weighted by molar-refractivity contribution is 5.97. The summed E-state index contributed by atoms with van der Waals surface area (Å²) in [4.78, 5) is 16.8. The first-order valence-electron chi connectivity index (χ1n) is 9.26. The van der Waals surface area contributed by atoms with E-state index in [9.17, 15) is 10.1 Å². The van der Waals surface area contributed by atoms with Gasteiger partial charge in [-0.25, -0.2) is 0 Å². The zero-order valence-corrected chi connectivity index (χ0v) is 16.0. The van der Waals surface area contributed by atoms with Gasteiger partial charge < -0.3 is 15.0 Å². The molecule has 6 nitrogen and oxygen atoms in total. The number of hydrogen-bond acceptors (Lipinski definition) is 5. The average Bonchev–Trinajstić information content (AvgIpc) is 2.75. The number of ether oxygens (including phenoxy) is 1. The number of anilines is 1. The Kier molecular flexibility index (Phi) is 6.66. The molecular formula is C22H24N4O2. The van der Waals surface area contributed by atoms with Crippen molar-refractivity contribution in [1.82, 2.24) is 9.80 Å². The van der Waals surface area contributed by atoms with E-state index >= 15 is 0 Å². The van der Waals surface area contributed by atoms with Crippen LogP contribution >= 0.6 is 0 Å². The summed E-state index contributed by atoms with van der Waals surface area (Å²) in [7, 11) is 1.59. The summed E-state index contributed by atoms with van der Waals surface area (Å²) in [5.74, 6) is 0.468. The average molecular weight is 376 g/mol. The van der Waals surface area contributed by atoms with Gasteiger partial charge in [0.15, 0.2) is 0 Å². The van der Waals surface area contributed by atoms with E-state index in [1.54, 1.807) is 18.1 Å². The lowest BCUT2D eigenvalue weighted by Crippen LogP contribution is -2.48. The molecule has 0 atom stereocenters. The van der Waals surface area contributed by atoms with E-state index in [1.165, 1.54) is 11.8 Å². The molecule has 3 rings (SSSR count). The molecule has 0 aliphatic carbocycles. The predicted octanol–water partition coefficient (Wildman–Crippen LogP) is 2.86. The third kappa shape index (κ3) is 5.12. The summed E-state index contributed by atoms with van der Waals surface area (Å²) in [5, 5.41) is 12.4.